The van der Waals surface area contributed by atoms with Crippen molar-refractivity contribution in [1.29, 1.82) is 0 Å². The number of amides is 2. The van der Waals surface area contributed by atoms with E-state index in [4.69, 9.17) is 4.74 Å². The second-order valence-electron chi connectivity index (χ2n) is 8.96. The number of hydrogen-bond donors (Lipinski definition) is 2. The molecular weight excluding hydrogens is 418 g/mol. The first-order valence-electron chi connectivity index (χ1n) is 11.9. The Bertz CT molecular complexity index is 918. The van der Waals surface area contributed by atoms with E-state index in [9.17, 15) is 9.59 Å². The quantitative estimate of drug-likeness (QED) is 0.538. The van der Waals surface area contributed by atoms with Crippen LogP contribution in [0.1, 0.15) is 44.5 Å². The van der Waals surface area contributed by atoms with Gasteiger partial charge in [0.25, 0.3) is 0 Å². The van der Waals surface area contributed by atoms with Crippen molar-refractivity contribution in [2.45, 2.75) is 53.1 Å². The van der Waals surface area contributed by atoms with E-state index >= 15 is 0 Å². The van der Waals surface area contributed by atoms with Crippen LogP contribution in [-0.2, 0) is 14.3 Å². The van der Waals surface area contributed by atoms with E-state index < -0.39 is 0 Å². The van der Waals surface area contributed by atoms with Gasteiger partial charge in [-0.05, 0) is 72.2 Å². The Morgan fingerprint density at radius 3 is 2.52 bits per heavy atom. The molecule has 1 aliphatic rings. The molecule has 8 heteroatoms. The van der Waals surface area contributed by atoms with Crippen molar-refractivity contribution in [1.82, 2.24) is 20.0 Å². The van der Waals surface area contributed by atoms with Crippen molar-refractivity contribution < 1.29 is 14.3 Å². The molecule has 1 fully saturated rings. The predicted molar refractivity (Wildman–Crippen MR) is 130 cm³/mol. The fraction of sp³-hybridized carbons (Fsp3) is 0.560. The molecule has 0 spiro atoms. The maximum atomic E-state index is 12.7. The standard InChI is InChI=1S/C25H37N5O3/c1-18(2)33-16-8-13-26-25(32)21-11-14-29(15-12-21)17-23(31)27-24-19(3)28-30(20(24)4)22-9-6-5-7-10-22/h5-7,9-10,18,21H,8,11-17H2,1-4H3,(H,26,32)(H,27,31). The van der Waals surface area contributed by atoms with Crippen LogP contribution in [0.5, 0.6) is 0 Å². The molecule has 2 N–H and O–H groups in total. The summed E-state index contributed by atoms with van der Waals surface area (Å²) in [4.78, 5) is 27.2. The molecule has 0 saturated carbocycles. The monoisotopic (exact) mass is 455 g/mol. The number of hydrogen-bond acceptors (Lipinski definition) is 5. The zero-order valence-electron chi connectivity index (χ0n) is 20.3. The molecule has 0 aliphatic carbocycles. The molecule has 1 aromatic heterocycles. The van der Waals surface area contributed by atoms with E-state index in [-0.39, 0.29) is 23.8 Å². The number of anilines is 1. The van der Waals surface area contributed by atoms with E-state index in [1.807, 2.05) is 62.7 Å². The van der Waals surface area contributed by atoms with Gasteiger partial charge in [-0.25, -0.2) is 4.68 Å². The molecule has 0 unspecified atom stereocenters. The van der Waals surface area contributed by atoms with Crippen LogP contribution in [0.15, 0.2) is 30.3 Å². The number of ether oxygens (including phenoxy) is 1. The molecule has 2 aromatic rings. The van der Waals surface area contributed by atoms with Gasteiger partial charge in [-0.3, -0.25) is 14.5 Å². The number of aromatic nitrogens is 2. The Balaban J connectivity index is 1.43. The largest absolute Gasteiger partial charge is 0.379 e. The van der Waals surface area contributed by atoms with E-state index in [0.29, 0.717) is 19.7 Å². The Labute approximate surface area is 196 Å². The average molecular weight is 456 g/mol. The summed E-state index contributed by atoms with van der Waals surface area (Å²) in [6, 6.07) is 9.88. The summed E-state index contributed by atoms with van der Waals surface area (Å²) in [5.74, 6) is 0.0778. The third-order valence-electron chi connectivity index (χ3n) is 5.95. The minimum Gasteiger partial charge on any atom is -0.379 e. The van der Waals surface area contributed by atoms with E-state index in [1.54, 1.807) is 0 Å². The minimum absolute atomic E-state index is 0.0175. The topological polar surface area (TPSA) is 88.5 Å². The van der Waals surface area contributed by atoms with E-state index in [0.717, 1.165) is 55.1 Å². The predicted octanol–water partition coefficient (Wildman–Crippen LogP) is 3.07. The van der Waals surface area contributed by atoms with Crippen LogP contribution < -0.4 is 10.6 Å². The summed E-state index contributed by atoms with van der Waals surface area (Å²) in [6.07, 6.45) is 2.58. The van der Waals surface area contributed by atoms with Crippen LogP contribution in [0.3, 0.4) is 0 Å². The third kappa shape index (κ3) is 7.14. The first-order valence-corrected chi connectivity index (χ1v) is 11.9. The first-order chi connectivity index (χ1) is 15.8. The van der Waals surface area contributed by atoms with Crippen LogP contribution in [0.4, 0.5) is 5.69 Å². The van der Waals surface area contributed by atoms with Crippen molar-refractivity contribution in [3.63, 3.8) is 0 Å². The van der Waals surface area contributed by atoms with Crippen molar-refractivity contribution >= 4 is 17.5 Å². The third-order valence-corrected chi connectivity index (χ3v) is 5.95. The highest BCUT2D eigenvalue weighted by atomic mass is 16.5. The highest BCUT2D eigenvalue weighted by Gasteiger charge is 2.26. The summed E-state index contributed by atoms with van der Waals surface area (Å²) >= 11 is 0. The zero-order chi connectivity index (χ0) is 23.8. The Hall–Kier alpha value is -2.71. The van der Waals surface area contributed by atoms with Gasteiger partial charge >= 0.3 is 0 Å². The maximum absolute atomic E-state index is 12.7. The molecule has 0 radical (unpaired) electrons. The van der Waals surface area contributed by atoms with Crippen molar-refractivity contribution in [3.05, 3.63) is 41.7 Å². The van der Waals surface area contributed by atoms with Gasteiger partial charge in [0.05, 0.1) is 35.4 Å². The normalized spacial score (nSPS) is 15.1. The van der Waals surface area contributed by atoms with Gasteiger partial charge in [-0.2, -0.15) is 5.10 Å². The number of rotatable bonds is 10. The number of likely N-dealkylation sites (tertiary alicyclic amines) is 1. The van der Waals surface area contributed by atoms with Crippen LogP contribution in [0, 0.1) is 19.8 Å². The summed E-state index contributed by atoms with van der Waals surface area (Å²) in [5.41, 5.74) is 3.42. The van der Waals surface area contributed by atoms with Crippen LogP contribution in [0.2, 0.25) is 0 Å². The van der Waals surface area contributed by atoms with Gasteiger partial charge in [0.1, 0.15) is 0 Å². The lowest BCUT2D eigenvalue weighted by Crippen LogP contribution is -2.43. The smallest absolute Gasteiger partial charge is 0.238 e. The molecule has 0 atom stereocenters. The number of nitrogens with zero attached hydrogens (tertiary/aromatic N) is 3. The number of aryl methyl sites for hydroxylation is 1. The maximum Gasteiger partial charge on any atom is 0.238 e. The lowest BCUT2D eigenvalue weighted by molar-refractivity contribution is -0.126. The number of piperidine rings is 1. The molecule has 1 aromatic carbocycles. The molecule has 2 heterocycles. The Morgan fingerprint density at radius 1 is 1.15 bits per heavy atom. The lowest BCUT2D eigenvalue weighted by Gasteiger charge is -2.30. The summed E-state index contributed by atoms with van der Waals surface area (Å²) in [5, 5.41) is 10.6. The van der Waals surface area contributed by atoms with Gasteiger partial charge in [0.15, 0.2) is 0 Å². The van der Waals surface area contributed by atoms with Crippen LogP contribution in [0.25, 0.3) is 5.69 Å². The molecule has 33 heavy (non-hydrogen) atoms. The van der Waals surface area contributed by atoms with Gasteiger partial charge in [0.2, 0.25) is 11.8 Å². The molecule has 1 aliphatic heterocycles. The van der Waals surface area contributed by atoms with Gasteiger partial charge in [0, 0.05) is 19.1 Å². The minimum atomic E-state index is -0.0538. The van der Waals surface area contributed by atoms with E-state index in [1.165, 1.54) is 0 Å². The fourth-order valence-electron chi connectivity index (χ4n) is 4.13. The molecule has 1 saturated heterocycles. The lowest BCUT2D eigenvalue weighted by atomic mass is 9.96. The molecule has 3 rings (SSSR count). The van der Waals surface area contributed by atoms with Crippen LogP contribution >= 0.6 is 0 Å². The molecule has 8 nitrogen and oxygen atoms in total. The zero-order valence-corrected chi connectivity index (χ0v) is 20.3. The highest BCUT2D eigenvalue weighted by Crippen LogP contribution is 2.23. The SMILES string of the molecule is Cc1nn(-c2ccccc2)c(C)c1NC(=O)CN1CCC(C(=O)NCCCOC(C)C)CC1. The van der Waals surface area contributed by atoms with Gasteiger partial charge in [-0.15, -0.1) is 0 Å². The average Bonchev–Trinajstić information content (AvgIpc) is 3.08. The number of nitrogens with one attached hydrogen (secondary N) is 2. The van der Waals surface area contributed by atoms with E-state index in [2.05, 4.69) is 20.6 Å². The molecule has 0 bridgehead atoms. The summed E-state index contributed by atoms with van der Waals surface area (Å²) < 4.78 is 7.35. The molecule has 2 amide bonds. The van der Waals surface area contributed by atoms with Crippen LogP contribution in [-0.4, -0.2) is 65.4 Å². The summed E-state index contributed by atoms with van der Waals surface area (Å²) in [6.45, 7) is 11.0. The summed E-state index contributed by atoms with van der Waals surface area (Å²) in [7, 11) is 0. The van der Waals surface area contributed by atoms with Crippen molar-refractivity contribution in [2.75, 3.05) is 38.1 Å². The second-order valence-corrected chi connectivity index (χ2v) is 8.96. The highest BCUT2D eigenvalue weighted by molar-refractivity contribution is 5.93. The van der Waals surface area contributed by atoms with Gasteiger partial charge in [-0.1, -0.05) is 18.2 Å². The van der Waals surface area contributed by atoms with Gasteiger partial charge < -0.3 is 15.4 Å². The number of benzene rings is 1. The van der Waals surface area contributed by atoms with Crippen molar-refractivity contribution in [2.24, 2.45) is 5.92 Å². The Morgan fingerprint density at radius 2 is 1.85 bits per heavy atom. The fourth-order valence-corrected chi connectivity index (χ4v) is 4.13. The second kappa shape index (κ2) is 12.0. The molecular formula is C25H37N5O3. The first kappa shape index (κ1) is 24.9. The number of carbonyl (C=O) groups is 2. The van der Waals surface area contributed by atoms with Crippen molar-refractivity contribution in [3.8, 4) is 5.69 Å². The Kier molecular flexibility index (Phi) is 9.03. The number of para-hydroxylation sites is 1. The molecule has 180 valence electrons. The number of carbonyl (C=O) groups excluding carboxylic acids is 2.